The lowest BCUT2D eigenvalue weighted by atomic mass is 9.91. The molecule has 2 aliphatic carbocycles. The first kappa shape index (κ1) is 12.6. The van der Waals surface area contributed by atoms with Crippen molar-refractivity contribution >= 4 is 5.91 Å². The van der Waals surface area contributed by atoms with Crippen molar-refractivity contribution < 1.29 is 9.18 Å². The minimum absolute atomic E-state index is 0.102. The van der Waals surface area contributed by atoms with E-state index in [-0.39, 0.29) is 11.7 Å². The van der Waals surface area contributed by atoms with Gasteiger partial charge in [0.1, 0.15) is 5.82 Å². The van der Waals surface area contributed by atoms with E-state index in [0.717, 1.165) is 31.2 Å². The van der Waals surface area contributed by atoms with E-state index in [1.54, 1.807) is 6.07 Å². The molecule has 0 radical (unpaired) electrons. The zero-order valence-electron chi connectivity index (χ0n) is 11.1. The van der Waals surface area contributed by atoms with Crippen LogP contribution in [0.1, 0.15) is 50.5 Å². The molecule has 0 aliphatic heterocycles. The summed E-state index contributed by atoms with van der Waals surface area (Å²) in [5.41, 5.74) is 0.389. The molecule has 0 unspecified atom stereocenters. The van der Waals surface area contributed by atoms with Crippen molar-refractivity contribution in [3.8, 4) is 0 Å². The van der Waals surface area contributed by atoms with E-state index in [1.807, 2.05) is 6.07 Å². The lowest BCUT2D eigenvalue weighted by Gasteiger charge is -2.25. The van der Waals surface area contributed by atoms with Gasteiger partial charge in [0.2, 0.25) is 5.91 Å². The second-order valence-corrected chi connectivity index (χ2v) is 5.90. The molecule has 3 heteroatoms. The molecule has 0 heterocycles. The molecule has 2 nitrogen and oxygen atoms in total. The Labute approximate surface area is 113 Å². The van der Waals surface area contributed by atoms with Gasteiger partial charge in [-0.05, 0) is 43.4 Å². The van der Waals surface area contributed by atoms with Gasteiger partial charge in [-0.15, -0.1) is 0 Å². The third kappa shape index (κ3) is 2.51. The fourth-order valence-electron chi connectivity index (χ4n) is 3.13. The summed E-state index contributed by atoms with van der Waals surface area (Å²) in [4.78, 5) is 12.5. The molecule has 2 aliphatic rings. The van der Waals surface area contributed by atoms with Gasteiger partial charge in [-0.2, -0.15) is 0 Å². The summed E-state index contributed by atoms with van der Waals surface area (Å²) in [6, 6.07) is 6.83. The van der Waals surface area contributed by atoms with Crippen molar-refractivity contribution in [2.75, 3.05) is 0 Å². The molecule has 0 bridgehead atoms. The second-order valence-electron chi connectivity index (χ2n) is 5.90. The molecule has 0 aromatic heterocycles. The van der Waals surface area contributed by atoms with Gasteiger partial charge in [-0.3, -0.25) is 4.79 Å². The van der Waals surface area contributed by atoms with Crippen molar-refractivity contribution in [1.29, 1.82) is 0 Å². The van der Waals surface area contributed by atoms with Crippen LogP contribution < -0.4 is 5.32 Å². The molecular formula is C16H20FNO. The maximum atomic E-state index is 13.3. The van der Waals surface area contributed by atoms with E-state index >= 15 is 0 Å². The first-order valence-corrected chi connectivity index (χ1v) is 7.28. The summed E-state index contributed by atoms with van der Waals surface area (Å²) in [6.45, 7) is 0. The number of hydrogen-bond acceptors (Lipinski definition) is 1. The molecule has 1 aromatic carbocycles. The molecule has 2 fully saturated rings. The third-order valence-electron chi connectivity index (χ3n) is 4.50. The summed E-state index contributed by atoms with van der Waals surface area (Å²) in [6.07, 6.45) is 7.55. The van der Waals surface area contributed by atoms with Crippen molar-refractivity contribution in [2.45, 2.75) is 56.4 Å². The first-order chi connectivity index (χ1) is 9.21. The average Bonchev–Trinajstić information content (AvgIpc) is 3.21. The number of benzene rings is 1. The van der Waals surface area contributed by atoms with Crippen molar-refractivity contribution in [3.63, 3.8) is 0 Å². The second kappa shape index (κ2) is 4.95. The number of nitrogens with one attached hydrogen (secondary N) is 1. The highest BCUT2D eigenvalue weighted by atomic mass is 19.1. The number of rotatable bonds is 3. The van der Waals surface area contributed by atoms with E-state index in [4.69, 9.17) is 0 Å². The quantitative estimate of drug-likeness (QED) is 0.888. The van der Waals surface area contributed by atoms with E-state index in [9.17, 15) is 9.18 Å². The Morgan fingerprint density at radius 3 is 2.58 bits per heavy atom. The van der Waals surface area contributed by atoms with Crippen molar-refractivity contribution in [1.82, 2.24) is 5.32 Å². The highest BCUT2D eigenvalue weighted by Crippen LogP contribution is 2.48. The van der Waals surface area contributed by atoms with E-state index in [0.29, 0.717) is 6.04 Å². The van der Waals surface area contributed by atoms with E-state index in [2.05, 4.69) is 5.32 Å². The lowest BCUT2D eigenvalue weighted by Crippen LogP contribution is -2.42. The SMILES string of the molecule is O=C(NC1CCCCC1)C1(c2cccc(F)c2)CC1. The minimum atomic E-state index is -0.445. The van der Waals surface area contributed by atoms with E-state index < -0.39 is 5.41 Å². The Morgan fingerprint density at radius 1 is 1.21 bits per heavy atom. The molecule has 0 saturated heterocycles. The van der Waals surface area contributed by atoms with Crippen molar-refractivity contribution in [2.24, 2.45) is 0 Å². The van der Waals surface area contributed by atoms with Crippen LogP contribution in [0.2, 0.25) is 0 Å². The summed E-state index contributed by atoms with van der Waals surface area (Å²) < 4.78 is 13.3. The molecule has 3 rings (SSSR count). The standard InChI is InChI=1S/C16H20FNO/c17-13-6-4-5-12(11-13)16(9-10-16)15(19)18-14-7-2-1-3-8-14/h4-6,11,14H,1-3,7-10H2,(H,18,19). The summed E-state index contributed by atoms with van der Waals surface area (Å²) >= 11 is 0. The number of amides is 1. The average molecular weight is 261 g/mol. The van der Waals surface area contributed by atoms with Gasteiger partial charge in [0.05, 0.1) is 5.41 Å². The van der Waals surface area contributed by atoms with Crippen LogP contribution in [0.5, 0.6) is 0 Å². The largest absolute Gasteiger partial charge is 0.353 e. The highest BCUT2D eigenvalue weighted by Gasteiger charge is 2.51. The number of carbonyl (C=O) groups is 1. The maximum Gasteiger partial charge on any atom is 0.230 e. The molecular weight excluding hydrogens is 241 g/mol. The van der Waals surface area contributed by atoms with Gasteiger partial charge in [0.25, 0.3) is 0 Å². The molecule has 19 heavy (non-hydrogen) atoms. The van der Waals surface area contributed by atoms with Crippen LogP contribution in [0.25, 0.3) is 0 Å². The smallest absolute Gasteiger partial charge is 0.230 e. The zero-order chi connectivity index (χ0) is 13.3. The Bertz CT molecular complexity index is 475. The number of hydrogen-bond donors (Lipinski definition) is 1. The normalized spacial score (nSPS) is 21.9. The maximum absolute atomic E-state index is 13.3. The molecule has 0 atom stereocenters. The fraction of sp³-hybridized carbons (Fsp3) is 0.562. The van der Waals surface area contributed by atoms with Gasteiger partial charge in [0, 0.05) is 6.04 Å². The van der Waals surface area contributed by atoms with Crippen LogP contribution >= 0.6 is 0 Å². The Hall–Kier alpha value is -1.38. The van der Waals surface area contributed by atoms with E-state index in [1.165, 1.54) is 31.4 Å². The van der Waals surface area contributed by atoms with Gasteiger partial charge in [-0.1, -0.05) is 31.4 Å². The summed E-state index contributed by atoms with van der Waals surface area (Å²) in [5, 5.41) is 3.18. The topological polar surface area (TPSA) is 29.1 Å². The number of carbonyl (C=O) groups excluding carboxylic acids is 1. The Kier molecular flexibility index (Phi) is 3.29. The monoisotopic (exact) mass is 261 g/mol. The van der Waals surface area contributed by atoms with Gasteiger partial charge in [0.15, 0.2) is 0 Å². The van der Waals surface area contributed by atoms with Gasteiger partial charge >= 0.3 is 0 Å². The highest BCUT2D eigenvalue weighted by molar-refractivity contribution is 5.91. The fourth-order valence-corrected chi connectivity index (χ4v) is 3.13. The van der Waals surface area contributed by atoms with Crippen LogP contribution in [0.4, 0.5) is 4.39 Å². The van der Waals surface area contributed by atoms with Crippen LogP contribution in [0.15, 0.2) is 24.3 Å². The zero-order valence-corrected chi connectivity index (χ0v) is 11.1. The molecule has 1 amide bonds. The van der Waals surface area contributed by atoms with Crippen LogP contribution in [0.3, 0.4) is 0 Å². The Balaban J connectivity index is 1.71. The lowest BCUT2D eigenvalue weighted by molar-refractivity contribution is -0.124. The Morgan fingerprint density at radius 2 is 1.95 bits per heavy atom. The van der Waals surface area contributed by atoms with Crippen LogP contribution in [0, 0.1) is 5.82 Å². The van der Waals surface area contributed by atoms with Gasteiger partial charge in [-0.25, -0.2) is 4.39 Å². The molecule has 2 saturated carbocycles. The summed E-state index contributed by atoms with van der Waals surface area (Å²) in [5.74, 6) is -0.153. The van der Waals surface area contributed by atoms with Crippen molar-refractivity contribution in [3.05, 3.63) is 35.6 Å². The first-order valence-electron chi connectivity index (χ1n) is 7.28. The molecule has 1 N–H and O–H groups in total. The van der Waals surface area contributed by atoms with Crippen LogP contribution in [-0.2, 0) is 10.2 Å². The minimum Gasteiger partial charge on any atom is -0.353 e. The third-order valence-corrected chi connectivity index (χ3v) is 4.50. The molecule has 0 spiro atoms. The number of halogens is 1. The van der Waals surface area contributed by atoms with Crippen LogP contribution in [-0.4, -0.2) is 11.9 Å². The summed E-state index contributed by atoms with van der Waals surface area (Å²) in [7, 11) is 0. The predicted octanol–water partition coefficient (Wildman–Crippen LogP) is 3.31. The molecule has 1 aromatic rings. The molecule has 102 valence electrons. The van der Waals surface area contributed by atoms with Gasteiger partial charge < -0.3 is 5.32 Å². The predicted molar refractivity (Wildman–Crippen MR) is 72.3 cm³/mol.